The highest BCUT2D eigenvalue weighted by atomic mass is 14.9. The normalized spacial score (nSPS) is 20.9. The summed E-state index contributed by atoms with van der Waals surface area (Å²) in [5.74, 6) is 0. The molecule has 2 aromatic heterocycles. The van der Waals surface area contributed by atoms with Crippen molar-refractivity contribution in [1.29, 1.82) is 0 Å². The summed E-state index contributed by atoms with van der Waals surface area (Å²) in [6.45, 7) is 1.11. The molecule has 15 heavy (non-hydrogen) atoms. The molecule has 2 aromatic rings. The summed E-state index contributed by atoms with van der Waals surface area (Å²) in [5, 5.41) is 5.90. The van der Waals surface area contributed by atoms with E-state index in [-0.39, 0.29) is 0 Å². The number of hydrogen-bond acceptors (Lipinski definition) is 3. The molecule has 0 amide bonds. The molecule has 1 N–H and O–H groups in total. The molecule has 1 unspecified atom stereocenters. The van der Waals surface area contributed by atoms with E-state index in [1.807, 2.05) is 30.9 Å². The molecule has 3 heteroatoms. The lowest BCUT2D eigenvalue weighted by Crippen LogP contribution is -2.13. The van der Waals surface area contributed by atoms with Gasteiger partial charge in [0.2, 0.25) is 0 Å². The van der Waals surface area contributed by atoms with E-state index < -0.39 is 0 Å². The van der Waals surface area contributed by atoms with Gasteiger partial charge in [0.1, 0.15) is 0 Å². The number of nitrogens with one attached hydrogen (secondary N) is 1. The average Bonchev–Trinajstić information content (AvgIpc) is 2.82. The van der Waals surface area contributed by atoms with Crippen LogP contribution in [0.3, 0.4) is 0 Å². The molecule has 1 fully saturated rings. The summed E-state index contributed by atoms with van der Waals surface area (Å²) < 4.78 is 0. The van der Waals surface area contributed by atoms with Crippen molar-refractivity contribution in [3.05, 3.63) is 36.4 Å². The highest BCUT2D eigenvalue weighted by molar-refractivity contribution is 5.84. The summed E-state index contributed by atoms with van der Waals surface area (Å²) in [5.41, 5.74) is 1.29. The zero-order valence-corrected chi connectivity index (χ0v) is 8.48. The fraction of sp³-hybridized carbons (Fsp3) is 0.333. The van der Waals surface area contributed by atoms with Crippen molar-refractivity contribution in [3.63, 3.8) is 0 Å². The molecule has 1 atom stereocenters. The second kappa shape index (κ2) is 3.59. The largest absolute Gasteiger partial charge is 0.310 e. The van der Waals surface area contributed by atoms with E-state index >= 15 is 0 Å². The average molecular weight is 199 g/mol. The van der Waals surface area contributed by atoms with Crippen molar-refractivity contribution in [2.75, 3.05) is 6.54 Å². The lowest BCUT2D eigenvalue weighted by molar-refractivity contribution is 0.650. The molecule has 0 aliphatic carbocycles. The lowest BCUT2D eigenvalue weighted by Gasteiger charge is -2.12. The van der Waals surface area contributed by atoms with Crippen LogP contribution in [0.1, 0.15) is 24.4 Å². The fourth-order valence-electron chi connectivity index (χ4n) is 2.25. The van der Waals surface area contributed by atoms with Gasteiger partial charge in [0.15, 0.2) is 0 Å². The highest BCUT2D eigenvalue weighted by Gasteiger charge is 2.18. The maximum atomic E-state index is 4.29. The van der Waals surface area contributed by atoms with E-state index in [0.717, 1.165) is 6.54 Å². The smallest absolute Gasteiger partial charge is 0.0350 e. The first-order chi connectivity index (χ1) is 7.45. The molecule has 1 saturated heterocycles. The van der Waals surface area contributed by atoms with E-state index in [0.29, 0.717) is 6.04 Å². The van der Waals surface area contributed by atoms with Crippen LogP contribution in [0, 0.1) is 0 Å². The Morgan fingerprint density at radius 2 is 2.20 bits per heavy atom. The summed E-state index contributed by atoms with van der Waals surface area (Å²) in [7, 11) is 0. The van der Waals surface area contributed by atoms with Crippen molar-refractivity contribution >= 4 is 10.8 Å². The van der Waals surface area contributed by atoms with Gasteiger partial charge in [-0.25, -0.2) is 0 Å². The molecule has 0 saturated carbocycles. The minimum Gasteiger partial charge on any atom is -0.310 e. The van der Waals surface area contributed by atoms with Gasteiger partial charge in [0.25, 0.3) is 0 Å². The summed E-state index contributed by atoms with van der Waals surface area (Å²) in [6.07, 6.45) is 10.1. The predicted octanol–water partition coefficient (Wildman–Crippen LogP) is 2.05. The standard InChI is InChI=1S/C12H13N3/c1-2-12(15-4-1)11-8-14-6-9-3-5-13-7-10(9)11/h3,5-8,12,15H,1-2,4H2. The maximum absolute atomic E-state index is 4.29. The number of nitrogens with zero attached hydrogens (tertiary/aromatic N) is 2. The molecule has 76 valence electrons. The van der Waals surface area contributed by atoms with Crippen LogP contribution < -0.4 is 5.32 Å². The molecule has 0 aromatic carbocycles. The molecule has 3 rings (SSSR count). The minimum absolute atomic E-state index is 0.463. The van der Waals surface area contributed by atoms with Crippen molar-refractivity contribution in [1.82, 2.24) is 15.3 Å². The Kier molecular flexibility index (Phi) is 2.10. The van der Waals surface area contributed by atoms with Crippen LogP contribution in [0.15, 0.2) is 30.9 Å². The van der Waals surface area contributed by atoms with Gasteiger partial charge in [-0.3, -0.25) is 9.97 Å². The molecular formula is C12H13N3. The Labute approximate surface area is 88.6 Å². The minimum atomic E-state index is 0.463. The molecule has 3 nitrogen and oxygen atoms in total. The van der Waals surface area contributed by atoms with E-state index in [2.05, 4.69) is 15.3 Å². The Bertz CT molecular complexity index is 470. The van der Waals surface area contributed by atoms with E-state index in [9.17, 15) is 0 Å². The topological polar surface area (TPSA) is 37.8 Å². The molecule has 0 bridgehead atoms. The van der Waals surface area contributed by atoms with Gasteiger partial charge in [-0.05, 0) is 31.0 Å². The zero-order valence-electron chi connectivity index (χ0n) is 8.48. The van der Waals surface area contributed by atoms with E-state index in [1.54, 1.807) is 0 Å². The number of rotatable bonds is 1. The van der Waals surface area contributed by atoms with Gasteiger partial charge in [-0.1, -0.05) is 0 Å². The van der Waals surface area contributed by atoms with Crippen molar-refractivity contribution in [3.8, 4) is 0 Å². The van der Waals surface area contributed by atoms with Crippen LogP contribution in [0.4, 0.5) is 0 Å². The number of fused-ring (bicyclic) bond motifs is 1. The SMILES string of the molecule is c1cc2cncc(C3CCCN3)c2cn1. The molecular weight excluding hydrogens is 186 g/mol. The Morgan fingerprint density at radius 3 is 3.07 bits per heavy atom. The van der Waals surface area contributed by atoms with Crippen LogP contribution >= 0.6 is 0 Å². The molecule has 0 spiro atoms. The third-order valence-electron chi connectivity index (χ3n) is 3.03. The third-order valence-corrected chi connectivity index (χ3v) is 3.03. The summed E-state index contributed by atoms with van der Waals surface area (Å²) in [6, 6.07) is 2.48. The molecule has 1 aliphatic rings. The van der Waals surface area contributed by atoms with Gasteiger partial charge in [-0.15, -0.1) is 0 Å². The van der Waals surface area contributed by atoms with E-state index in [1.165, 1.54) is 29.2 Å². The second-order valence-corrected chi connectivity index (χ2v) is 3.97. The van der Waals surface area contributed by atoms with Gasteiger partial charge in [-0.2, -0.15) is 0 Å². The van der Waals surface area contributed by atoms with Crippen LogP contribution in [-0.4, -0.2) is 16.5 Å². The molecule has 3 heterocycles. The monoisotopic (exact) mass is 199 g/mol. The van der Waals surface area contributed by atoms with Crippen LogP contribution in [-0.2, 0) is 0 Å². The van der Waals surface area contributed by atoms with Gasteiger partial charge in [0.05, 0.1) is 0 Å². The number of pyridine rings is 2. The Hall–Kier alpha value is -1.48. The van der Waals surface area contributed by atoms with Gasteiger partial charge in [0, 0.05) is 41.6 Å². The second-order valence-electron chi connectivity index (χ2n) is 3.97. The van der Waals surface area contributed by atoms with Crippen LogP contribution in [0.5, 0.6) is 0 Å². The van der Waals surface area contributed by atoms with Gasteiger partial charge < -0.3 is 5.32 Å². The number of aromatic nitrogens is 2. The molecule has 0 radical (unpaired) electrons. The lowest BCUT2D eigenvalue weighted by atomic mass is 10.0. The van der Waals surface area contributed by atoms with Gasteiger partial charge >= 0.3 is 0 Å². The molecule has 1 aliphatic heterocycles. The maximum Gasteiger partial charge on any atom is 0.0350 e. The van der Waals surface area contributed by atoms with Crippen LogP contribution in [0.2, 0.25) is 0 Å². The summed E-state index contributed by atoms with van der Waals surface area (Å²) in [4.78, 5) is 8.48. The van der Waals surface area contributed by atoms with Crippen molar-refractivity contribution < 1.29 is 0 Å². The van der Waals surface area contributed by atoms with Crippen molar-refractivity contribution in [2.24, 2.45) is 0 Å². The van der Waals surface area contributed by atoms with Crippen LogP contribution in [0.25, 0.3) is 10.8 Å². The highest BCUT2D eigenvalue weighted by Crippen LogP contribution is 2.27. The Balaban J connectivity index is 2.16. The third kappa shape index (κ3) is 1.49. The first-order valence-corrected chi connectivity index (χ1v) is 5.36. The zero-order chi connectivity index (χ0) is 10.1. The quantitative estimate of drug-likeness (QED) is 0.763. The predicted molar refractivity (Wildman–Crippen MR) is 59.5 cm³/mol. The summed E-state index contributed by atoms with van der Waals surface area (Å²) >= 11 is 0. The van der Waals surface area contributed by atoms with E-state index in [4.69, 9.17) is 0 Å². The Morgan fingerprint density at radius 1 is 1.20 bits per heavy atom. The van der Waals surface area contributed by atoms with Crippen molar-refractivity contribution in [2.45, 2.75) is 18.9 Å². The fourth-order valence-corrected chi connectivity index (χ4v) is 2.25. The first kappa shape index (κ1) is 8.80. The first-order valence-electron chi connectivity index (χ1n) is 5.36. The number of hydrogen-bond donors (Lipinski definition) is 1.